The van der Waals surface area contributed by atoms with Gasteiger partial charge in [-0.1, -0.05) is 37.6 Å². The summed E-state index contributed by atoms with van der Waals surface area (Å²) in [5.74, 6) is 0.173. The fraction of sp³-hybridized carbons (Fsp3) is 0.562. The molecule has 1 heterocycles. The number of hydrogen-bond acceptors (Lipinski definition) is 2. The van der Waals surface area contributed by atoms with Gasteiger partial charge < -0.3 is 4.90 Å². The second-order valence-corrected chi connectivity index (χ2v) is 6.48. The van der Waals surface area contributed by atoms with E-state index in [-0.39, 0.29) is 11.3 Å². The van der Waals surface area contributed by atoms with Crippen LogP contribution in [0.4, 0.5) is 0 Å². The van der Waals surface area contributed by atoms with Crippen LogP contribution in [0, 0.1) is 6.92 Å². The number of aryl methyl sites for hydroxylation is 1. The van der Waals surface area contributed by atoms with Crippen molar-refractivity contribution < 1.29 is 4.79 Å². The van der Waals surface area contributed by atoms with Crippen LogP contribution in [0.15, 0.2) is 18.2 Å². The van der Waals surface area contributed by atoms with Gasteiger partial charge >= 0.3 is 0 Å². The third-order valence-electron chi connectivity index (χ3n) is 3.86. The molecule has 1 aromatic carbocycles. The molecule has 0 aliphatic carbocycles. The zero-order chi connectivity index (χ0) is 14.2. The lowest BCUT2D eigenvalue weighted by Gasteiger charge is -2.40. The van der Waals surface area contributed by atoms with Crippen LogP contribution in [0.2, 0.25) is 0 Å². The van der Waals surface area contributed by atoms with E-state index in [1.807, 2.05) is 14.1 Å². The van der Waals surface area contributed by atoms with Crippen molar-refractivity contribution in [2.75, 3.05) is 27.2 Å². The molecular formula is C16H24N2O. The zero-order valence-corrected chi connectivity index (χ0v) is 12.7. The molecule has 0 bridgehead atoms. The summed E-state index contributed by atoms with van der Waals surface area (Å²) in [6.07, 6.45) is 0. The molecule has 104 valence electrons. The molecule has 0 radical (unpaired) electrons. The van der Waals surface area contributed by atoms with Gasteiger partial charge in [0.15, 0.2) is 0 Å². The molecule has 19 heavy (non-hydrogen) atoms. The van der Waals surface area contributed by atoms with Gasteiger partial charge in [0.2, 0.25) is 5.91 Å². The molecule has 0 aromatic heterocycles. The Morgan fingerprint density at radius 3 is 2.68 bits per heavy atom. The smallest absolute Gasteiger partial charge is 0.236 e. The molecule has 1 aromatic rings. The Balaban J connectivity index is 2.24. The minimum atomic E-state index is 0.105. The summed E-state index contributed by atoms with van der Waals surface area (Å²) in [4.78, 5) is 15.8. The SMILES string of the molecule is Cc1ccc2c(c1)CN(CC(=O)N(C)C)CC2(C)C. The zero-order valence-electron chi connectivity index (χ0n) is 12.7. The molecule has 0 unspecified atom stereocenters. The standard InChI is InChI=1S/C16H24N2O/c1-12-6-7-14-13(8-12)9-18(11-16(14,2)3)10-15(19)17(4)5/h6-8H,9-11H2,1-5H3. The summed E-state index contributed by atoms with van der Waals surface area (Å²) in [7, 11) is 3.63. The van der Waals surface area contributed by atoms with Gasteiger partial charge in [-0.15, -0.1) is 0 Å². The highest BCUT2D eigenvalue weighted by Crippen LogP contribution is 2.33. The molecule has 1 aliphatic rings. The maximum absolute atomic E-state index is 11.9. The first-order valence-electron chi connectivity index (χ1n) is 6.82. The van der Waals surface area contributed by atoms with Gasteiger partial charge in [-0.25, -0.2) is 0 Å². The first kappa shape index (κ1) is 14.1. The fourth-order valence-corrected chi connectivity index (χ4v) is 2.90. The largest absolute Gasteiger partial charge is 0.348 e. The molecule has 0 N–H and O–H groups in total. The van der Waals surface area contributed by atoms with Crippen LogP contribution in [0.25, 0.3) is 0 Å². The Bertz CT molecular complexity index is 492. The van der Waals surface area contributed by atoms with Crippen molar-refractivity contribution in [1.82, 2.24) is 9.80 Å². The average Bonchev–Trinajstić information content (AvgIpc) is 2.26. The van der Waals surface area contributed by atoms with Crippen LogP contribution in [-0.2, 0) is 16.8 Å². The van der Waals surface area contributed by atoms with Crippen molar-refractivity contribution in [2.24, 2.45) is 0 Å². The van der Waals surface area contributed by atoms with Crippen molar-refractivity contribution in [3.63, 3.8) is 0 Å². The van der Waals surface area contributed by atoms with E-state index in [1.54, 1.807) is 4.90 Å². The van der Waals surface area contributed by atoms with E-state index in [2.05, 4.69) is 43.9 Å². The molecule has 0 atom stereocenters. The van der Waals surface area contributed by atoms with Crippen molar-refractivity contribution in [2.45, 2.75) is 32.7 Å². The van der Waals surface area contributed by atoms with Gasteiger partial charge in [0.25, 0.3) is 0 Å². The lowest BCUT2D eigenvalue weighted by atomic mass is 9.78. The summed E-state index contributed by atoms with van der Waals surface area (Å²) in [6, 6.07) is 6.68. The molecule has 3 heteroatoms. The molecule has 1 amide bonds. The summed E-state index contributed by atoms with van der Waals surface area (Å²) in [6.45, 7) is 8.95. The predicted molar refractivity (Wildman–Crippen MR) is 78.2 cm³/mol. The van der Waals surface area contributed by atoms with E-state index >= 15 is 0 Å². The molecule has 2 rings (SSSR count). The van der Waals surface area contributed by atoms with Gasteiger partial charge in [0.1, 0.15) is 0 Å². The summed E-state index contributed by atoms with van der Waals surface area (Å²) in [5, 5.41) is 0. The molecule has 0 saturated heterocycles. The van der Waals surface area contributed by atoms with Gasteiger partial charge in [0.05, 0.1) is 6.54 Å². The highest BCUT2D eigenvalue weighted by atomic mass is 16.2. The fourth-order valence-electron chi connectivity index (χ4n) is 2.90. The quantitative estimate of drug-likeness (QED) is 0.813. The lowest BCUT2D eigenvalue weighted by Crippen LogP contribution is -2.46. The van der Waals surface area contributed by atoms with Gasteiger partial charge in [0, 0.05) is 32.6 Å². The Hall–Kier alpha value is -1.35. The maximum Gasteiger partial charge on any atom is 0.236 e. The third kappa shape index (κ3) is 2.98. The van der Waals surface area contributed by atoms with Crippen LogP contribution in [-0.4, -0.2) is 42.9 Å². The second-order valence-electron chi connectivity index (χ2n) is 6.48. The van der Waals surface area contributed by atoms with Crippen molar-refractivity contribution in [3.8, 4) is 0 Å². The Morgan fingerprint density at radius 1 is 1.37 bits per heavy atom. The second kappa shape index (κ2) is 4.97. The summed E-state index contributed by atoms with van der Waals surface area (Å²) < 4.78 is 0. The van der Waals surface area contributed by atoms with Gasteiger partial charge in [-0.2, -0.15) is 0 Å². The molecule has 3 nitrogen and oxygen atoms in total. The first-order valence-corrected chi connectivity index (χ1v) is 6.82. The Kier molecular flexibility index (Phi) is 3.68. The van der Waals surface area contributed by atoms with Crippen molar-refractivity contribution >= 4 is 5.91 Å². The molecule has 0 spiro atoms. The number of likely N-dealkylation sites (N-methyl/N-ethyl adjacent to an activating group) is 1. The van der Waals surface area contributed by atoms with E-state index in [9.17, 15) is 4.79 Å². The molecular weight excluding hydrogens is 236 g/mol. The minimum absolute atomic E-state index is 0.105. The minimum Gasteiger partial charge on any atom is -0.348 e. The molecule has 0 fully saturated rings. The number of carbonyl (C=O) groups is 1. The number of rotatable bonds is 2. The molecule has 0 saturated carbocycles. The number of carbonyl (C=O) groups excluding carboxylic acids is 1. The van der Waals surface area contributed by atoms with Crippen LogP contribution < -0.4 is 0 Å². The number of hydrogen-bond donors (Lipinski definition) is 0. The number of fused-ring (bicyclic) bond motifs is 1. The van der Waals surface area contributed by atoms with E-state index in [0.717, 1.165) is 13.1 Å². The average molecular weight is 260 g/mol. The number of benzene rings is 1. The Labute approximate surface area is 116 Å². The number of amides is 1. The monoisotopic (exact) mass is 260 g/mol. The maximum atomic E-state index is 11.9. The highest BCUT2D eigenvalue weighted by molar-refractivity contribution is 5.77. The first-order chi connectivity index (χ1) is 8.79. The normalized spacial score (nSPS) is 17.9. The van der Waals surface area contributed by atoms with E-state index in [1.165, 1.54) is 16.7 Å². The number of nitrogens with zero attached hydrogens (tertiary/aromatic N) is 2. The van der Waals surface area contributed by atoms with Gasteiger partial charge in [-0.3, -0.25) is 9.69 Å². The summed E-state index contributed by atoms with van der Waals surface area (Å²) in [5.41, 5.74) is 4.18. The van der Waals surface area contributed by atoms with Crippen molar-refractivity contribution in [1.29, 1.82) is 0 Å². The van der Waals surface area contributed by atoms with Crippen LogP contribution in [0.5, 0.6) is 0 Å². The topological polar surface area (TPSA) is 23.6 Å². The highest BCUT2D eigenvalue weighted by Gasteiger charge is 2.32. The predicted octanol–water partition coefficient (Wildman–Crippen LogP) is 2.18. The third-order valence-corrected chi connectivity index (χ3v) is 3.86. The van der Waals surface area contributed by atoms with E-state index in [0.29, 0.717) is 6.54 Å². The van der Waals surface area contributed by atoms with E-state index < -0.39 is 0 Å². The lowest BCUT2D eigenvalue weighted by molar-refractivity contribution is -0.130. The summed E-state index contributed by atoms with van der Waals surface area (Å²) >= 11 is 0. The van der Waals surface area contributed by atoms with Crippen LogP contribution >= 0.6 is 0 Å². The van der Waals surface area contributed by atoms with E-state index in [4.69, 9.17) is 0 Å². The molecule has 1 aliphatic heterocycles. The van der Waals surface area contributed by atoms with Crippen molar-refractivity contribution in [3.05, 3.63) is 34.9 Å². The van der Waals surface area contributed by atoms with Crippen LogP contribution in [0.3, 0.4) is 0 Å². The van der Waals surface area contributed by atoms with Crippen LogP contribution in [0.1, 0.15) is 30.5 Å². The van der Waals surface area contributed by atoms with Gasteiger partial charge in [-0.05, 0) is 18.1 Å². The Morgan fingerprint density at radius 2 is 2.05 bits per heavy atom.